The summed E-state index contributed by atoms with van der Waals surface area (Å²) in [5.74, 6) is 0.749. The summed E-state index contributed by atoms with van der Waals surface area (Å²) in [6.07, 6.45) is 1.75. The van der Waals surface area contributed by atoms with Crippen LogP contribution in [0.25, 0.3) is 11.1 Å². The highest BCUT2D eigenvalue weighted by atomic mass is 35.5. The standard InChI is InChI=1S/C12H14ClFN4/c13-3-4-17-12-11(16)8(6-18-12)7-1-2-9(14)10(15)5-7/h1-2,5-6,17-18H,3-4,15-16H2. The molecule has 4 nitrogen and oxygen atoms in total. The van der Waals surface area contributed by atoms with Gasteiger partial charge in [0.1, 0.15) is 11.6 Å². The van der Waals surface area contributed by atoms with E-state index in [0.29, 0.717) is 23.9 Å². The fourth-order valence-electron chi connectivity index (χ4n) is 1.70. The number of hydrogen-bond donors (Lipinski definition) is 4. The van der Waals surface area contributed by atoms with Gasteiger partial charge in [0.25, 0.3) is 0 Å². The quantitative estimate of drug-likeness (QED) is 0.508. The molecule has 2 rings (SSSR count). The maximum Gasteiger partial charge on any atom is 0.146 e. The molecule has 0 bridgehead atoms. The van der Waals surface area contributed by atoms with Crippen molar-refractivity contribution in [3.8, 4) is 11.1 Å². The van der Waals surface area contributed by atoms with Crippen molar-refractivity contribution < 1.29 is 4.39 Å². The number of anilines is 3. The second kappa shape index (κ2) is 5.18. The third-order valence-corrected chi connectivity index (χ3v) is 2.81. The highest BCUT2D eigenvalue weighted by molar-refractivity contribution is 6.18. The molecule has 6 heteroatoms. The van der Waals surface area contributed by atoms with E-state index in [9.17, 15) is 4.39 Å². The van der Waals surface area contributed by atoms with E-state index < -0.39 is 5.82 Å². The van der Waals surface area contributed by atoms with Crippen LogP contribution < -0.4 is 16.8 Å². The number of nitrogens with two attached hydrogens (primary N) is 2. The third-order valence-electron chi connectivity index (χ3n) is 2.62. The van der Waals surface area contributed by atoms with Gasteiger partial charge >= 0.3 is 0 Å². The number of nitrogen functional groups attached to an aromatic ring is 2. The van der Waals surface area contributed by atoms with E-state index in [1.54, 1.807) is 18.3 Å². The fraction of sp³-hybridized carbons (Fsp3) is 0.167. The van der Waals surface area contributed by atoms with Crippen LogP contribution in [0.2, 0.25) is 0 Å². The van der Waals surface area contributed by atoms with Crippen molar-refractivity contribution in [2.75, 3.05) is 29.2 Å². The first-order chi connectivity index (χ1) is 8.63. The molecule has 0 saturated heterocycles. The topological polar surface area (TPSA) is 79.9 Å². The number of rotatable bonds is 4. The molecule has 0 aliphatic heterocycles. The third kappa shape index (κ3) is 2.36. The van der Waals surface area contributed by atoms with Gasteiger partial charge in [0, 0.05) is 24.2 Å². The zero-order valence-electron chi connectivity index (χ0n) is 9.63. The molecule has 0 amide bonds. The summed E-state index contributed by atoms with van der Waals surface area (Å²) >= 11 is 5.59. The van der Waals surface area contributed by atoms with Crippen molar-refractivity contribution in [1.82, 2.24) is 4.98 Å². The molecule has 0 radical (unpaired) electrons. The van der Waals surface area contributed by atoms with E-state index in [4.69, 9.17) is 23.1 Å². The number of nitrogens with one attached hydrogen (secondary N) is 2. The Morgan fingerprint density at radius 1 is 1.33 bits per heavy atom. The summed E-state index contributed by atoms with van der Waals surface area (Å²) in [4.78, 5) is 3.01. The molecule has 0 unspecified atom stereocenters. The van der Waals surface area contributed by atoms with Gasteiger partial charge in [0.05, 0.1) is 11.4 Å². The van der Waals surface area contributed by atoms with Crippen molar-refractivity contribution in [2.45, 2.75) is 0 Å². The van der Waals surface area contributed by atoms with Crippen LogP contribution in [0.15, 0.2) is 24.4 Å². The zero-order valence-corrected chi connectivity index (χ0v) is 10.4. The van der Waals surface area contributed by atoms with Gasteiger partial charge in [-0.3, -0.25) is 0 Å². The van der Waals surface area contributed by atoms with Crippen LogP contribution in [-0.4, -0.2) is 17.4 Å². The Morgan fingerprint density at radius 3 is 2.78 bits per heavy atom. The first kappa shape index (κ1) is 12.6. The normalized spacial score (nSPS) is 10.6. The van der Waals surface area contributed by atoms with Crippen LogP contribution in [0.3, 0.4) is 0 Å². The van der Waals surface area contributed by atoms with Gasteiger partial charge in [-0.15, -0.1) is 11.6 Å². The smallest absolute Gasteiger partial charge is 0.146 e. The predicted molar refractivity (Wildman–Crippen MR) is 74.2 cm³/mol. The van der Waals surface area contributed by atoms with Crippen LogP contribution in [0.4, 0.5) is 21.6 Å². The molecule has 6 N–H and O–H groups in total. The van der Waals surface area contributed by atoms with Gasteiger partial charge < -0.3 is 21.8 Å². The van der Waals surface area contributed by atoms with E-state index >= 15 is 0 Å². The fourth-order valence-corrected chi connectivity index (χ4v) is 1.80. The van der Waals surface area contributed by atoms with E-state index in [0.717, 1.165) is 11.1 Å². The maximum atomic E-state index is 13.1. The summed E-state index contributed by atoms with van der Waals surface area (Å²) in [5.41, 5.74) is 13.7. The van der Waals surface area contributed by atoms with Gasteiger partial charge in [0.15, 0.2) is 0 Å². The lowest BCUT2D eigenvalue weighted by atomic mass is 10.1. The summed E-state index contributed by atoms with van der Waals surface area (Å²) in [6.45, 7) is 0.608. The van der Waals surface area contributed by atoms with Crippen molar-refractivity contribution in [1.29, 1.82) is 0 Å². The van der Waals surface area contributed by atoms with E-state index in [2.05, 4.69) is 10.3 Å². The van der Waals surface area contributed by atoms with E-state index in [1.807, 2.05) is 0 Å². The Hall–Kier alpha value is -1.88. The molecule has 1 aromatic heterocycles. The lowest BCUT2D eigenvalue weighted by Crippen LogP contribution is -2.04. The molecule has 0 atom stereocenters. The average molecular weight is 269 g/mol. The number of H-pyrrole nitrogens is 1. The van der Waals surface area contributed by atoms with E-state index in [-0.39, 0.29) is 5.69 Å². The monoisotopic (exact) mass is 268 g/mol. The summed E-state index contributed by atoms with van der Waals surface area (Å²) < 4.78 is 13.1. The molecule has 1 heterocycles. The Labute approximate surface area is 109 Å². The van der Waals surface area contributed by atoms with Crippen molar-refractivity contribution in [2.24, 2.45) is 0 Å². The minimum atomic E-state index is -0.437. The molecule has 0 fully saturated rings. The molecule has 2 aromatic rings. The van der Waals surface area contributed by atoms with Gasteiger partial charge in [-0.1, -0.05) is 6.07 Å². The second-order valence-corrected chi connectivity index (χ2v) is 4.22. The minimum Gasteiger partial charge on any atom is -0.396 e. The first-order valence-electron chi connectivity index (χ1n) is 5.45. The molecule has 0 aliphatic carbocycles. The Balaban J connectivity index is 2.33. The van der Waals surface area contributed by atoms with Crippen LogP contribution in [0.1, 0.15) is 0 Å². The lowest BCUT2D eigenvalue weighted by Gasteiger charge is -2.05. The molecule has 0 saturated carbocycles. The van der Waals surface area contributed by atoms with Gasteiger partial charge in [-0.25, -0.2) is 4.39 Å². The Kier molecular flexibility index (Phi) is 3.62. The molecule has 18 heavy (non-hydrogen) atoms. The highest BCUT2D eigenvalue weighted by Gasteiger charge is 2.10. The lowest BCUT2D eigenvalue weighted by molar-refractivity contribution is 0.632. The molecule has 1 aromatic carbocycles. The van der Waals surface area contributed by atoms with Crippen molar-refractivity contribution >= 4 is 28.8 Å². The molecular weight excluding hydrogens is 255 g/mol. The highest BCUT2D eigenvalue weighted by Crippen LogP contribution is 2.32. The summed E-state index contributed by atoms with van der Waals surface area (Å²) in [6, 6.07) is 4.51. The molecule has 0 spiro atoms. The molecule has 0 aliphatic rings. The van der Waals surface area contributed by atoms with Crippen molar-refractivity contribution in [3.05, 3.63) is 30.2 Å². The number of aromatic amines is 1. The summed E-state index contributed by atoms with van der Waals surface area (Å²) in [7, 11) is 0. The van der Waals surface area contributed by atoms with E-state index in [1.165, 1.54) is 6.07 Å². The van der Waals surface area contributed by atoms with Gasteiger partial charge in [-0.2, -0.15) is 0 Å². The summed E-state index contributed by atoms with van der Waals surface area (Å²) in [5, 5.41) is 3.06. The first-order valence-corrected chi connectivity index (χ1v) is 5.99. The molecular formula is C12H14ClFN4. The van der Waals surface area contributed by atoms with Crippen LogP contribution >= 0.6 is 11.6 Å². The number of aromatic nitrogens is 1. The average Bonchev–Trinajstić information content (AvgIpc) is 2.72. The van der Waals surface area contributed by atoms with Crippen molar-refractivity contribution in [3.63, 3.8) is 0 Å². The molecule has 96 valence electrons. The predicted octanol–water partition coefficient (Wildman–Crippen LogP) is 2.64. The number of halogens is 2. The second-order valence-electron chi connectivity index (χ2n) is 3.84. The zero-order chi connectivity index (χ0) is 13.1. The van der Waals surface area contributed by atoms with Crippen LogP contribution in [0.5, 0.6) is 0 Å². The Bertz CT molecular complexity index is 553. The SMILES string of the molecule is Nc1cc(-c2c[nH]c(NCCCl)c2N)ccc1F. The number of alkyl halides is 1. The minimum absolute atomic E-state index is 0.100. The number of benzene rings is 1. The van der Waals surface area contributed by atoms with Gasteiger partial charge in [-0.05, 0) is 17.7 Å². The van der Waals surface area contributed by atoms with Crippen LogP contribution in [0, 0.1) is 5.82 Å². The Morgan fingerprint density at radius 2 is 2.11 bits per heavy atom. The van der Waals surface area contributed by atoms with Crippen LogP contribution in [-0.2, 0) is 0 Å². The van der Waals surface area contributed by atoms with Gasteiger partial charge in [0.2, 0.25) is 0 Å². The largest absolute Gasteiger partial charge is 0.396 e. The maximum absolute atomic E-state index is 13.1. The number of hydrogen-bond acceptors (Lipinski definition) is 3.